The maximum atomic E-state index is 12.7. The summed E-state index contributed by atoms with van der Waals surface area (Å²) in [6.45, 7) is 0.756. The summed E-state index contributed by atoms with van der Waals surface area (Å²) in [6, 6.07) is 18.0. The van der Waals surface area contributed by atoms with Crippen molar-refractivity contribution < 1.29 is 4.79 Å². The molecule has 0 atom stereocenters. The second kappa shape index (κ2) is 6.76. The van der Waals surface area contributed by atoms with Crippen molar-refractivity contribution in [3.63, 3.8) is 0 Å². The molecule has 0 unspecified atom stereocenters. The highest BCUT2D eigenvalue weighted by molar-refractivity contribution is 8.03. The Morgan fingerprint density at radius 3 is 2.72 bits per heavy atom. The van der Waals surface area contributed by atoms with Crippen LogP contribution in [0.1, 0.15) is 11.4 Å². The third-order valence-electron chi connectivity index (χ3n) is 4.40. The first-order chi connectivity index (χ1) is 12.2. The lowest BCUT2D eigenvalue weighted by Gasteiger charge is -2.17. The maximum absolute atomic E-state index is 12.7. The first-order valence-electron chi connectivity index (χ1n) is 8.32. The van der Waals surface area contributed by atoms with Crippen molar-refractivity contribution in [1.82, 2.24) is 14.5 Å². The van der Waals surface area contributed by atoms with Gasteiger partial charge in [0.05, 0.1) is 22.5 Å². The number of aryl methyl sites for hydroxylation is 1. The Hall–Kier alpha value is -2.53. The number of imidazole rings is 1. The minimum atomic E-state index is 0.140. The van der Waals surface area contributed by atoms with Gasteiger partial charge in [-0.2, -0.15) is 0 Å². The first kappa shape index (κ1) is 16.0. The second-order valence-electron chi connectivity index (χ2n) is 6.06. The summed E-state index contributed by atoms with van der Waals surface area (Å²) in [5, 5.41) is 0.985. The molecule has 0 bridgehead atoms. The number of rotatable bonds is 3. The Morgan fingerprint density at radius 2 is 1.92 bits per heavy atom. The molecule has 1 amide bonds. The van der Waals surface area contributed by atoms with Gasteiger partial charge in [-0.1, -0.05) is 42.5 Å². The van der Waals surface area contributed by atoms with Crippen molar-refractivity contribution in [2.24, 2.45) is 7.05 Å². The van der Waals surface area contributed by atoms with E-state index in [9.17, 15) is 4.79 Å². The molecule has 0 radical (unpaired) electrons. The second-order valence-corrected chi connectivity index (χ2v) is 7.17. The number of nitrogens with zero attached hydrogens (tertiary/aromatic N) is 3. The van der Waals surface area contributed by atoms with Crippen LogP contribution in [0.15, 0.2) is 59.6 Å². The van der Waals surface area contributed by atoms with Crippen molar-refractivity contribution in [2.75, 3.05) is 12.3 Å². The van der Waals surface area contributed by atoms with Crippen LogP contribution in [0.4, 0.5) is 0 Å². The molecule has 3 aromatic rings. The van der Waals surface area contributed by atoms with E-state index in [1.807, 2.05) is 66.6 Å². The van der Waals surface area contributed by atoms with Crippen LogP contribution in [0.2, 0.25) is 0 Å². The highest BCUT2D eigenvalue weighted by Crippen LogP contribution is 2.30. The molecule has 1 fully saturated rings. The van der Waals surface area contributed by atoms with Gasteiger partial charge in [0.25, 0.3) is 0 Å². The van der Waals surface area contributed by atoms with Crippen molar-refractivity contribution in [3.05, 3.63) is 71.0 Å². The number of amides is 1. The van der Waals surface area contributed by atoms with Crippen LogP contribution in [0, 0.1) is 0 Å². The molecule has 2 aromatic carbocycles. The maximum Gasteiger partial charge on any atom is 0.231 e. The van der Waals surface area contributed by atoms with Gasteiger partial charge in [-0.15, -0.1) is 11.8 Å². The number of benzene rings is 2. The standard InChI is InChI=1S/C20H19N3OS/c1-22-17-10-6-5-9-16(17)21-18(22)14-20-23(11-12-25-20)19(24)13-15-7-3-2-4-8-15/h2-10,14H,11-13H2,1H3/b20-14+. The molecule has 126 valence electrons. The average molecular weight is 349 g/mol. The third-order valence-corrected chi connectivity index (χ3v) is 5.43. The van der Waals surface area contributed by atoms with E-state index in [0.29, 0.717) is 6.42 Å². The van der Waals surface area contributed by atoms with E-state index in [-0.39, 0.29) is 5.91 Å². The van der Waals surface area contributed by atoms with E-state index in [4.69, 9.17) is 0 Å². The lowest BCUT2D eigenvalue weighted by Crippen LogP contribution is -2.28. The van der Waals surface area contributed by atoms with Gasteiger partial charge in [0.1, 0.15) is 5.82 Å². The largest absolute Gasteiger partial charge is 0.328 e. The van der Waals surface area contributed by atoms with Crippen LogP contribution in [-0.4, -0.2) is 32.7 Å². The van der Waals surface area contributed by atoms with Crippen molar-refractivity contribution >= 4 is 34.8 Å². The molecule has 1 aliphatic heterocycles. The van der Waals surface area contributed by atoms with Gasteiger partial charge in [0, 0.05) is 25.4 Å². The Bertz CT molecular complexity index is 946. The molecule has 0 spiro atoms. The molecular formula is C20H19N3OS. The van der Waals surface area contributed by atoms with Gasteiger partial charge in [-0.3, -0.25) is 4.79 Å². The fourth-order valence-corrected chi connectivity index (χ4v) is 4.09. The summed E-state index contributed by atoms with van der Waals surface area (Å²) in [6.07, 6.45) is 2.46. The summed E-state index contributed by atoms with van der Waals surface area (Å²) < 4.78 is 2.07. The molecule has 0 aliphatic carbocycles. The summed E-state index contributed by atoms with van der Waals surface area (Å²) >= 11 is 1.72. The lowest BCUT2D eigenvalue weighted by molar-refractivity contribution is -0.127. The number of thioether (sulfide) groups is 1. The first-order valence-corrected chi connectivity index (χ1v) is 9.31. The zero-order valence-electron chi connectivity index (χ0n) is 14.1. The summed E-state index contributed by atoms with van der Waals surface area (Å²) in [5.74, 6) is 1.94. The topological polar surface area (TPSA) is 38.1 Å². The number of hydrogen-bond acceptors (Lipinski definition) is 3. The highest BCUT2D eigenvalue weighted by Gasteiger charge is 2.24. The van der Waals surface area contributed by atoms with Crippen molar-refractivity contribution in [2.45, 2.75) is 6.42 Å². The van der Waals surface area contributed by atoms with Gasteiger partial charge in [0.15, 0.2) is 0 Å². The van der Waals surface area contributed by atoms with E-state index < -0.39 is 0 Å². The molecule has 4 nitrogen and oxygen atoms in total. The minimum absolute atomic E-state index is 0.140. The quantitative estimate of drug-likeness (QED) is 0.724. The molecule has 0 saturated carbocycles. The fraction of sp³-hybridized carbons (Fsp3) is 0.200. The minimum Gasteiger partial charge on any atom is -0.328 e. The third kappa shape index (κ3) is 3.20. The molecule has 5 heteroatoms. The summed E-state index contributed by atoms with van der Waals surface area (Å²) in [7, 11) is 2.01. The Labute approximate surface area is 151 Å². The molecule has 4 rings (SSSR count). The summed E-state index contributed by atoms with van der Waals surface area (Å²) in [5.41, 5.74) is 3.12. The molecule has 0 N–H and O–H groups in total. The number of aromatic nitrogens is 2. The predicted octanol–water partition coefficient (Wildman–Crippen LogP) is 3.69. The van der Waals surface area contributed by atoms with E-state index in [2.05, 4.69) is 15.6 Å². The smallest absolute Gasteiger partial charge is 0.231 e. The summed E-state index contributed by atoms with van der Waals surface area (Å²) in [4.78, 5) is 19.3. The number of hydrogen-bond donors (Lipinski definition) is 0. The SMILES string of the molecule is Cn1c(/C=C2/SCCN2C(=O)Cc2ccccc2)nc2ccccc21. The number of fused-ring (bicyclic) bond motifs is 1. The number of para-hydroxylation sites is 2. The fourth-order valence-electron chi connectivity index (χ4n) is 3.07. The van der Waals surface area contributed by atoms with Crippen molar-refractivity contribution in [3.8, 4) is 0 Å². The zero-order valence-corrected chi connectivity index (χ0v) is 14.9. The highest BCUT2D eigenvalue weighted by atomic mass is 32.2. The van der Waals surface area contributed by atoms with E-state index in [0.717, 1.165) is 39.7 Å². The van der Waals surface area contributed by atoms with Crippen molar-refractivity contribution in [1.29, 1.82) is 0 Å². The molecule has 1 aliphatic rings. The van der Waals surface area contributed by atoms with Crippen LogP contribution in [0.3, 0.4) is 0 Å². The zero-order chi connectivity index (χ0) is 17.2. The van der Waals surface area contributed by atoms with Gasteiger partial charge in [0.2, 0.25) is 5.91 Å². The van der Waals surface area contributed by atoms with Gasteiger partial charge >= 0.3 is 0 Å². The molecule has 2 heterocycles. The lowest BCUT2D eigenvalue weighted by atomic mass is 10.1. The molecule has 25 heavy (non-hydrogen) atoms. The van der Waals surface area contributed by atoms with Crippen LogP contribution < -0.4 is 0 Å². The van der Waals surface area contributed by atoms with E-state index in [1.165, 1.54) is 0 Å². The average Bonchev–Trinajstić information content (AvgIpc) is 3.22. The van der Waals surface area contributed by atoms with Crippen LogP contribution in [0.25, 0.3) is 17.1 Å². The van der Waals surface area contributed by atoms with Crippen LogP contribution in [-0.2, 0) is 18.3 Å². The Morgan fingerprint density at radius 1 is 1.16 bits per heavy atom. The monoisotopic (exact) mass is 349 g/mol. The van der Waals surface area contributed by atoms with Crippen LogP contribution >= 0.6 is 11.8 Å². The number of carbonyl (C=O) groups excluding carboxylic acids is 1. The predicted molar refractivity (Wildman–Crippen MR) is 103 cm³/mol. The Balaban J connectivity index is 1.61. The van der Waals surface area contributed by atoms with Gasteiger partial charge in [-0.05, 0) is 17.7 Å². The molecule has 1 saturated heterocycles. The molecule has 1 aromatic heterocycles. The normalized spacial score (nSPS) is 16.0. The Kier molecular flexibility index (Phi) is 4.32. The van der Waals surface area contributed by atoms with Gasteiger partial charge in [-0.25, -0.2) is 4.98 Å². The van der Waals surface area contributed by atoms with E-state index in [1.54, 1.807) is 11.8 Å². The van der Waals surface area contributed by atoms with E-state index >= 15 is 0 Å². The van der Waals surface area contributed by atoms with Gasteiger partial charge < -0.3 is 9.47 Å². The molecular weight excluding hydrogens is 330 g/mol. The van der Waals surface area contributed by atoms with Crippen LogP contribution in [0.5, 0.6) is 0 Å². The number of carbonyl (C=O) groups is 1.